The standard InChI is InChI=1S/C22H22N2O4S/c1-16(17-11-13-20(28-2)14-12-17)23-22(25)18-7-6-8-19(15-18)24-29(26,27)21-9-4-3-5-10-21/h3-16,24H,1-2H3,(H,23,25). The number of methoxy groups -OCH3 is 1. The zero-order chi connectivity index (χ0) is 20.9. The molecular weight excluding hydrogens is 388 g/mol. The maximum atomic E-state index is 12.6. The number of nitrogens with one attached hydrogen (secondary N) is 2. The van der Waals surface area contributed by atoms with Gasteiger partial charge in [0.1, 0.15) is 5.75 Å². The van der Waals surface area contributed by atoms with Crippen LogP contribution in [0.4, 0.5) is 5.69 Å². The number of sulfonamides is 1. The summed E-state index contributed by atoms with van der Waals surface area (Å²) in [5, 5.41) is 2.91. The minimum absolute atomic E-state index is 0.156. The van der Waals surface area contributed by atoms with E-state index in [2.05, 4.69) is 10.0 Å². The van der Waals surface area contributed by atoms with E-state index in [4.69, 9.17) is 4.74 Å². The molecule has 0 fully saturated rings. The Morgan fingerprint density at radius 3 is 2.28 bits per heavy atom. The van der Waals surface area contributed by atoms with E-state index >= 15 is 0 Å². The van der Waals surface area contributed by atoms with Crippen LogP contribution in [0, 0.1) is 0 Å². The van der Waals surface area contributed by atoms with Crippen LogP contribution in [0.1, 0.15) is 28.9 Å². The molecule has 1 atom stereocenters. The van der Waals surface area contributed by atoms with E-state index in [1.807, 2.05) is 31.2 Å². The van der Waals surface area contributed by atoms with E-state index in [-0.39, 0.29) is 16.8 Å². The summed E-state index contributed by atoms with van der Waals surface area (Å²) < 4.78 is 32.6. The summed E-state index contributed by atoms with van der Waals surface area (Å²) in [5.41, 5.74) is 1.61. The molecule has 0 spiro atoms. The molecule has 0 aromatic heterocycles. The normalized spacial score (nSPS) is 12.1. The number of benzene rings is 3. The Kier molecular flexibility index (Phi) is 6.19. The first-order valence-electron chi connectivity index (χ1n) is 9.02. The van der Waals surface area contributed by atoms with Gasteiger partial charge < -0.3 is 10.1 Å². The first-order chi connectivity index (χ1) is 13.9. The second-order valence-corrected chi connectivity index (χ2v) is 8.15. The molecule has 0 heterocycles. The fourth-order valence-corrected chi connectivity index (χ4v) is 3.86. The maximum Gasteiger partial charge on any atom is 0.261 e. The quantitative estimate of drug-likeness (QED) is 0.617. The molecule has 1 unspecified atom stereocenters. The zero-order valence-electron chi connectivity index (χ0n) is 16.1. The number of carbonyl (C=O) groups is 1. The minimum atomic E-state index is -3.72. The van der Waals surface area contributed by atoms with E-state index in [1.165, 1.54) is 18.2 Å². The van der Waals surface area contributed by atoms with Gasteiger partial charge in [-0.2, -0.15) is 0 Å². The Morgan fingerprint density at radius 2 is 1.62 bits per heavy atom. The summed E-state index contributed by atoms with van der Waals surface area (Å²) in [5.74, 6) is 0.444. The van der Waals surface area contributed by atoms with Gasteiger partial charge in [-0.05, 0) is 55.0 Å². The lowest BCUT2D eigenvalue weighted by atomic mass is 10.1. The molecule has 3 aromatic carbocycles. The molecule has 3 aromatic rings. The molecule has 0 aliphatic heterocycles. The van der Waals surface area contributed by atoms with Crippen molar-refractivity contribution in [3.63, 3.8) is 0 Å². The Morgan fingerprint density at radius 1 is 0.931 bits per heavy atom. The molecule has 3 rings (SSSR count). The van der Waals surface area contributed by atoms with Crippen molar-refractivity contribution in [3.8, 4) is 5.75 Å². The molecule has 1 amide bonds. The molecule has 6 nitrogen and oxygen atoms in total. The molecule has 0 aliphatic carbocycles. The van der Waals surface area contributed by atoms with Crippen molar-refractivity contribution in [1.82, 2.24) is 5.32 Å². The number of hydrogen-bond donors (Lipinski definition) is 2. The average Bonchev–Trinajstić information content (AvgIpc) is 2.74. The summed E-state index contributed by atoms with van der Waals surface area (Å²) in [6.07, 6.45) is 0. The van der Waals surface area contributed by atoms with Crippen molar-refractivity contribution in [2.45, 2.75) is 17.9 Å². The highest BCUT2D eigenvalue weighted by Gasteiger charge is 2.16. The lowest BCUT2D eigenvalue weighted by molar-refractivity contribution is 0.0940. The minimum Gasteiger partial charge on any atom is -0.497 e. The van der Waals surface area contributed by atoms with Crippen molar-refractivity contribution in [2.24, 2.45) is 0 Å². The van der Waals surface area contributed by atoms with Crippen LogP contribution in [-0.2, 0) is 10.0 Å². The molecular formula is C22H22N2O4S. The zero-order valence-corrected chi connectivity index (χ0v) is 16.9. The third-order valence-electron chi connectivity index (χ3n) is 4.39. The van der Waals surface area contributed by atoms with Gasteiger partial charge in [0.2, 0.25) is 0 Å². The van der Waals surface area contributed by atoms with E-state index < -0.39 is 10.0 Å². The second kappa shape index (κ2) is 8.79. The van der Waals surface area contributed by atoms with E-state index in [0.717, 1.165) is 11.3 Å². The predicted octanol–water partition coefficient (Wildman–Crippen LogP) is 3.99. The number of ether oxygens (including phenoxy) is 1. The Balaban J connectivity index is 1.72. The van der Waals surface area contributed by atoms with Crippen LogP contribution in [0.15, 0.2) is 83.8 Å². The second-order valence-electron chi connectivity index (χ2n) is 6.47. The first kappa shape index (κ1) is 20.4. The van der Waals surface area contributed by atoms with Gasteiger partial charge in [-0.1, -0.05) is 36.4 Å². The molecule has 0 saturated carbocycles. The third kappa shape index (κ3) is 5.14. The van der Waals surface area contributed by atoms with E-state index in [0.29, 0.717) is 11.3 Å². The van der Waals surface area contributed by atoms with Gasteiger partial charge >= 0.3 is 0 Å². The largest absolute Gasteiger partial charge is 0.497 e. The van der Waals surface area contributed by atoms with Crippen LogP contribution < -0.4 is 14.8 Å². The van der Waals surface area contributed by atoms with Gasteiger partial charge in [-0.25, -0.2) is 8.42 Å². The molecule has 29 heavy (non-hydrogen) atoms. The SMILES string of the molecule is COc1ccc(C(C)NC(=O)c2cccc(NS(=O)(=O)c3ccccc3)c2)cc1. The van der Waals surface area contributed by atoms with E-state index in [1.54, 1.807) is 43.5 Å². The highest BCUT2D eigenvalue weighted by atomic mass is 32.2. The summed E-state index contributed by atoms with van der Waals surface area (Å²) in [7, 11) is -2.13. The lowest BCUT2D eigenvalue weighted by Crippen LogP contribution is -2.26. The molecule has 0 radical (unpaired) electrons. The van der Waals surface area contributed by atoms with Crippen LogP contribution in [0.2, 0.25) is 0 Å². The van der Waals surface area contributed by atoms with Crippen molar-refractivity contribution in [2.75, 3.05) is 11.8 Å². The Hall–Kier alpha value is -3.32. The van der Waals surface area contributed by atoms with Crippen molar-refractivity contribution >= 4 is 21.6 Å². The smallest absolute Gasteiger partial charge is 0.261 e. The Bertz CT molecular complexity index is 1080. The average molecular weight is 410 g/mol. The van der Waals surface area contributed by atoms with Gasteiger partial charge in [0.25, 0.3) is 15.9 Å². The lowest BCUT2D eigenvalue weighted by Gasteiger charge is -2.15. The van der Waals surface area contributed by atoms with Gasteiger partial charge in [0.15, 0.2) is 0 Å². The maximum absolute atomic E-state index is 12.6. The predicted molar refractivity (Wildman–Crippen MR) is 113 cm³/mol. The molecule has 2 N–H and O–H groups in total. The van der Waals surface area contributed by atoms with Crippen molar-refractivity contribution in [3.05, 3.63) is 90.0 Å². The fraction of sp³-hybridized carbons (Fsp3) is 0.136. The molecule has 150 valence electrons. The monoisotopic (exact) mass is 410 g/mol. The number of hydrogen-bond acceptors (Lipinski definition) is 4. The van der Waals surface area contributed by atoms with Crippen LogP contribution in [0.3, 0.4) is 0 Å². The van der Waals surface area contributed by atoms with Crippen LogP contribution in [0.25, 0.3) is 0 Å². The highest BCUT2D eigenvalue weighted by Crippen LogP contribution is 2.20. The molecule has 7 heteroatoms. The number of carbonyl (C=O) groups excluding carboxylic acids is 1. The summed E-state index contributed by atoms with van der Waals surface area (Å²) in [6.45, 7) is 1.88. The first-order valence-corrected chi connectivity index (χ1v) is 10.5. The topological polar surface area (TPSA) is 84.5 Å². The molecule has 0 aliphatic rings. The Labute approximate surface area is 170 Å². The fourth-order valence-electron chi connectivity index (χ4n) is 2.79. The van der Waals surface area contributed by atoms with Gasteiger partial charge in [-0.15, -0.1) is 0 Å². The van der Waals surface area contributed by atoms with Gasteiger partial charge in [0.05, 0.1) is 18.0 Å². The van der Waals surface area contributed by atoms with Gasteiger partial charge in [0, 0.05) is 11.3 Å². The van der Waals surface area contributed by atoms with E-state index in [9.17, 15) is 13.2 Å². The number of amides is 1. The number of rotatable bonds is 7. The third-order valence-corrected chi connectivity index (χ3v) is 5.79. The molecule has 0 saturated heterocycles. The van der Waals surface area contributed by atoms with Crippen molar-refractivity contribution in [1.29, 1.82) is 0 Å². The number of anilines is 1. The highest BCUT2D eigenvalue weighted by molar-refractivity contribution is 7.92. The van der Waals surface area contributed by atoms with Crippen LogP contribution >= 0.6 is 0 Å². The molecule has 0 bridgehead atoms. The summed E-state index contributed by atoms with van der Waals surface area (Å²) in [6, 6.07) is 21.7. The summed E-state index contributed by atoms with van der Waals surface area (Å²) >= 11 is 0. The van der Waals surface area contributed by atoms with Crippen molar-refractivity contribution < 1.29 is 17.9 Å². The van der Waals surface area contributed by atoms with Gasteiger partial charge in [-0.3, -0.25) is 9.52 Å². The van der Waals surface area contributed by atoms with Crippen LogP contribution in [0.5, 0.6) is 5.75 Å². The summed E-state index contributed by atoms with van der Waals surface area (Å²) in [4.78, 5) is 12.8. The van der Waals surface area contributed by atoms with Crippen LogP contribution in [-0.4, -0.2) is 21.4 Å².